The van der Waals surface area contributed by atoms with Gasteiger partial charge in [-0.1, -0.05) is 0 Å². The summed E-state index contributed by atoms with van der Waals surface area (Å²) in [5.74, 6) is 0. The van der Waals surface area contributed by atoms with Crippen molar-refractivity contribution in [1.82, 2.24) is 4.98 Å². The van der Waals surface area contributed by atoms with Crippen molar-refractivity contribution in [2.75, 3.05) is 0 Å². The van der Waals surface area contributed by atoms with Crippen molar-refractivity contribution >= 4 is 29.1 Å². The number of alkyl halides is 3. The topological polar surface area (TPSA) is 30.0 Å². The summed E-state index contributed by atoms with van der Waals surface area (Å²) in [4.78, 5) is 13.5. The highest BCUT2D eigenvalue weighted by Crippen LogP contribution is 2.32. The third-order valence-corrected chi connectivity index (χ3v) is 2.21. The number of halogens is 3. The average molecular weight is 227 g/mol. The average Bonchev–Trinajstić information content (AvgIpc) is 2.31. The molecule has 0 radical (unpaired) electrons. The van der Waals surface area contributed by atoms with Gasteiger partial charge in [0.25, 0.3) is 0 Å². The molecule has 0 fully saturated rings. The fourth-order valence-electron chi connectivity index (χ4n) is 0.765. The van der Waals surface area contributed by atoms with Gasteiger partial charge in [-0.15, -0.1) is 24.0 Å². The lowest BCUT2D eigenvalue weighted by atomic mass is 10.3. The van der Waals surface area contributed by atoms with Crippen molar-refractivity contribution < 1.29 is 18.0 Å². The summed E-state index contributed by atoms with van der Waals surface area (Å²) in [5.41, 5.74) is 0.0782. The van der Waals surface area contributed by atoms with Crippen molar-refractivity contribution in [2.45, 2.75) is 12.6 Å². The van der Waals surface area contributed by atoms with Crippen molar-refractivity contribution in [2.24, 2.45) is 0 Å². The third kappa shape index (κ3) is 2.70. The molecule has 0 unspecified atom stereocenters. The smallest absolute Gasteiger partial charge is 0.287 e. The van der Waals surface area contributed by atoms with Crippen LogP contribution in [-0.4, -0.2) is 10.1 Å². The van der Waals surface area contributed by atoms with Gasteiger partial charge >= 0.3 is 6.18 Å². The minimum Gasteiger partial charge on any atom is -0.287 e. The molecule has 1 aromatic rings. The Bertz CT molecular complexity index is 320. The fraction of sp³-hybridized carbons (Fsp3) is 0.333. The quantitative estimate of drug-likeness (QED) is 0.785. The van der Waals surface area contributed by atoms with Crippen molar-refractivity contribution in [3.63, 3.8) is 0 Å². The summed E-state index contributed by atoms with van der Waals surface area (Å²) in [6.07, 6.45) is -4.82. The number of thiazole rings is 1. The zero-order valence-corrected chi connectivity index (χ0v) is 7.84. The summed E-state index contributed by atoms with van der Waals surface area (Å²) < 4.78 is 36.4. The monoisotopic (exact) mass is 227 g/mol. The molecule has 1 heterocycles. The summed E-state index contributed by atoms with van der Waals surface area (Å²) in [6, 6.07) is 0. The van der Waals surface area contributed by atoms with Crippen LogP contribution in [0.15, 0.2) is 5.51 Å². The van der Waals surface area contributed by atoms with E-state index in [0.717, 1.165) is 16.8 Å². The Balaban J connectivity index is 2.96. The number of aromatic nitrogens is 1. The molecule has 0 aromatic carbocycles. The molecule has 7 heteroatoms. The maximum absolute atomic E-state index is 12.1. The van der Waals surface area contributed by atoms with E-state index in [1.165, 1.54) is 0 Å². The molecule has 0 aliphatic carbocycles. The van der Waals surface area contributed by atoms with Gasteiger partial charge < -0.3 is 0 Å². The first-order chi connectivity index (χ1) is 5.91. The highest BCUT2D eigenvalue weighted by molar-refractivity contribution is 7.96. The maximum atomic E-state index is 12.1. The van der Waals surface area contributed by atoms with Crippen LogP contribution in [0.1, 0.15) is 10.6 Å². The van der Waals surface area contributed by atoms with Crippen LogP contribution in [0.4, 0.5) is 13.2 Å². The van der Waals surface area contributed by atoms with Crippen LogP contribution in [0, 0.1) is 0 Å². The molecule has 0 saturated heterocycles. The number of carbonyl (C=O) groups is 1. The molecule has 0 bridgehead atoms. The molecule has 13 heavy (non-hydrogen) atoms. The van der Waals surface area contributed by atoms with Crippen LogP contribution in [0.25, 0.3) is 0 Å². The second kappa shape index (κ2) is 3.67. The van der Waals surface area contributed by atoms with E-state index in [-0.39, 0.29) is 11.3 Å². The van der Waals surface area contributed by atoms with E-state index in [0.29, 0.717) is 0 Å². The Morgan fingerprint density at radius 3 is 2.69 bits per heavy atom. The summed E-state index contributed by atoms with van der Waals surface area (Å²) in [5, 5.41) is -0.602. The number of carbonyl (C=O) groups excluding carboxylic acids is 1. The van der Waals surface area contributed by atoms with Gasteiger partial charge in [-0.05, 0) is 0 Å². The third-order valence-electron chi connectivity index (χ3n) is 1.22. The van der Waals surface area contributed by atoms with Gasteiger partial charge in [-0.2, -0.15) is 13.2 Å². The van der Waals surface area contributed by atoms with Crippen LogP contribution in [0.5, 0.6) is 0 Å². The number of hydrogen-bond acceptors (Lipinski definition) is 3. The molecule has 0 aliphatic heterocycles. The van der Waals surface area contributed by atoms with Gasteiger partial charge in [0.05, 0.1) is 11.9 Å². The minimum atomic E-state index is -4.49. The zero-order valence-electron chi connectivity index (χ0n) is 6.13. The minimum absolute atomic E-state index is 0.0903. The van der Waals surface area contributed by atoms with Crippen molar-refractivity contribution in [3.8, 4) is 0 Å². The van der Waals surface area contributed by atoms with E-state index < -0.39 is 17.0 Å². The lowest BCUT2D eigenvalue weighted by molar-refractivity contribution is -0.141. The Hall–Kier alpha value is -0.560. The zero-order chi connectivity index (χ0) is 10.1. The maximum Gasteiger partial charge on any atom is 0.434 e. The highest BCUT2D eigenvalue weighted by atomic mass is 32.1. The normalized spacial score (nSPS) is 11.7. The summed E-state index contributed by atoms with van der Waals surface area (Å²) in [7, 11) is 0. The van der Waals surface area contributed by atoms with E-state index >= 15 is 0 Å². The van der Waals surface area contributed by atoms with E-state index in [1.807, 2.05) is 0 Å². The first-order valence-electron chi connectivity index (χ1n) is 3.12. The molecule has 1 rings (SSSR count). The van der Waals surface area contributed by atoms with E-state index in [2.05, 4.69) is 17.6 Å². The van der Waals surface area contributed by atoms with Crippen LogP contribution in [0.2, 0.25) is 0 Å². The van der Waals surface area contributed by atoms with Gasteiger partial charge in [0.2, 0.25) is 0 Å². The first-order valence-corrected chi connectivity index (χ1v) is 4.45. The Morgan fingerprint density at radius 1 is 1.62 bits per heavy atom. The molecule has 0 atom stereocenters. The molecule has 0 N–H and O–H groups in total. The SMILES string of the molecule is O=C(S)Cc1scnc1C(F)(F)F. The Kier molecular flexibility index (Phi) is 2.97. The predicted molar refractivity (Wildman–Crippen MR) is 44.8 cm³/mol. The van der Waals surface area contributed by atoms with Crippen LogP contribution in [-0.2, 0) is 17.4 Å². The van der Waals surface area contributed by atoms with Gasteiger partial charge in [-0.25, -0.2) is 4.98 Å². The lowest BCUT2D eigenvalue weighted by Crippen LogP contribution is -2.09. The molecular formula is C6H4F3NOS2. The van der Waals surface area contributed by atoms with Crippen LogP contribution >= 0.6 is 24.0 Å². The summed E-state index contributed by atoms with van der Waals surface area (Å²) >= 11 is 4.20. The van der Waals surface area contributed by atoms with Crippen molar-refractivity contribution in [3.05, 3.63) is 16.1 Å². The Morgan fingerprint density at radius 2 is 2.23 bits per heavy atom. The van der Waals surface area contributed by atoms with Crippen LogP contribution in [0.3, 0.4) is 0 Å². The second-order valence-corrected chi connectivity index (χ2v) is 3.63. The second-order valence-electron chi connectivity index (χ2n) is 2.19. The lowest BCUT2D eigenvalue weighted by Gasteiger charge is -2.03. The molecule has 0 spiro atoms. The van der Waals surface area contributed by atoms with Gasteiger partial charge in [-0.3, -0.25) is 4.79 Å². The first kappa shape index (κ1) is 10.5. The predicted octanol–water partition coefficient (Wildman–Crippen LogP) is 2.16. The highest BCUT2D eigenvalue weighted by Gasteiger charge is 2.36. The standard InChI is InChI=1S/C6H4F3NOS2/c7-6(8,9)5-3(1-4(11)12)13-2-10-5/h2H,1H2,(H,11,12). The summed E-state index contributed by atoms with van der Waals surface area (Å²) in [6.45, 7) is 0. The largest absolute Gasteiger partial charge is 0.434 e. The molecular weight excluding hydrogens is 223 g/mol. The number of thiol groups is 1. The molecule has 0 aliphatic rings. The Labute approximate surface area is 81.2 Å². The number of rotatable bonds is 2. The van der Waals surface area contributed by atoms with E-state index in [9.17, 15) is 18.0 Å². The van der Waals surface area contributed by atoms with E-state index in [4.69, 9.17) is 0 Å². The molecule has 0 amide bonds. The van der Waals surface area contributed by atoms with Crippen molar-refractivity contribution in [1.29, 1.82) is 0 Å². The number of nitrogens with zero attached hydrogens (tertiary/aromatic N) is 1. The molecule has 2 nitrogen and oxygen atoms in total. The van der Waals surface area contributed by atoms with Gasteiger partial charge in [0.15, 0.2) is 10.8 Å². The number of hydrogen-bond donors (Lipinski definition) is 1. The van der Waals surface area contributed by atoms with Gasteiger partial charge in [0, 0.05) is 4.88 Å². The van der Waals surface area contributed by atoms with E-state index in [1.54, 1.807) is 0 Å². The molecule has 1 aromatic heterocycles. The van der Waals surface area contributed by atoms with Gasteiger partial charge in [0.1, 0.15) is 0 Å². The molecule has 0 saturated carbocycles. The fourth-order valence-corrected chi connectivity index (χ4v) is 1.81. The molecule has 72 valence electrons. The van der Waals surface area contributed by atoms with Crippen LogP contribution < -0.4 is 0 Å².